The summed E-state index contributed by atoms with van der Waals surface area (Å²) in [6, 6.07) is 7.55. The van der Waals surface area contributed by atoms with Crippen molar-refractivity contribution in [3.05, 3.63) is 42.0 Å². The Balaban J connectivity index is 1.42. The van der Waals surface area contributed by atoms with E-state index in [1.807, 2.05) is 43.3 Å². The van der Waals surface area contributed by atoms with Crippen molar-refractivity contribution in [2.24, 2.45) is 11.8 Å². The molecule has 1 saturated heterocycles. The molecule has 2 atom stereocenters. The Labute approximate surface area is 146 Å². The van der Waals surface area contributed by atoms with E-state index in [1.54, 1.807) is 0 Å². The minimum Gasteiger partial charge on any atom is -0.490 e. The molecular weight excluding hydrogens is 322 g/mol. The number of allylic oxidation sites excluding steroid dienone is 2. The predicted molar refractivity (Wildman–Crippen MR) is 89.7 cm³/mol. The van der Waals surface area contributed by atoms with E-state index in [-0.39, 0.29) is 43.4 Å². The van der Waals surface area contributed by atoms with Gasteiger partial charge in [0, 0.05) is 0 Å². The molecule has 0 spiro atoms. The number of aryl methyl sites for hydroxylation is 1. The van der Waals surface area contributed by atoms with Crippen LogP contribution >= 0.6 is 0 Å². The summed E-state index contributed by atoms with van der Waals surface area (Å²) in [5, 5.41) is 0. The molecule has 2 aliphatic rings. The lowest BCUT2D eigenvalue weighted by molar-refractivity contribution is -0.153. The van der Waals surface area contributed by atoms with E-state index in [4.69, 9.17) is 9.47 Å². The second kappa shape index (κ2) is 7.51. The summed E-state index contributed by atoms with van der Waals surface area (Å²) in [5.41, 5.74) is 1.13. The van der Waals surface area contributed by atoms with E-state index in [1.165, 1.54) is 0 Å². The number of carbonyl (C=O) groups is 3. The molecule has 2 amide bonds. The summed E-state index contributed by atoms with van der Waals surface area (Å²) in [7, 11) is 0. The highest BCUT2D eigenvalue weighted by Gasteiger charge is 2.47. The molecule has 132 valence electrons. The molecule has 0 saturated carbocycles. The molecular formula is C19H21NO5. The Kier molecular flexibility index (Phi) is 5.16. The lowest BCUT2D eigenvalue weighted by Gasteiger charge is -2.14. The Bertz CT molecular complexity index is 668. The van der Waals surface area contributed by atoms with Crippen LogP contribution in [0.3, 0.4) is 0 Å². The molecule has 1 aliphatic carbocycles. The smallest absolute Gasteiger partial charge is 0.326 e. The van der Waals surface area contributed by atoms with Crippen molar-refractivity contribution in [2.75, 3.05) is 19.8 Å². The van der Waals surface area contributed by atoms with Crippen molar-refractivity contribution in [3.8, 4) is 5.75 Å². The van der Waals surface area contributed by atoms with E-state index in [9.17, 15) is 14.4 Å². The van der Waals surface area contributed by atoms with Gasteiger partial charge >= 0.3 is 5.97 Å². The zero-order valence-electron chi connectivity index (χ0n) is 14.1. The fourth-order valence-electron chi connectivity index (χ4n) is 3.15. The van der Waals surface area contributed by atoms with Crippen LogP contribution in [0, 0.1) is 18.8 Å². The number of carbonyl (C=O) groups excluding carboxylic acids is 3. The first-order valence-electron chi connectivity index (χ1n) is 8.41. The van der Waals surface area contributed by atoms with Gasteiger partial charge in [-0.3, -0.25) is 19.3 Å². The van der Waals surface area contributed by atoms with Gasteiger partial charge < -0.3 is 9.47 Å². The predicted octanol–water partition coefficient (Wildman–Crippen LogP) is 1.87. The van der Waals surface area contributed by atoms with Gasteiger partial charge in [0.15, 0.2) is 0 Å². The monoisotopic (exact) mass is 343 g/mol. The third kappa shape index (κ3) is 3.90. The van der Waals surface area contributed by atoms with E-state index in [2.05, 4.69) is 0 Å². The minimum atomic E-state index is -0.596. The number of hydrogen-bond donors (Lipinski definition) is 0. The molecule has 25 heavy (non-hydrogen) atoms. The second-order valence-electron chi connectivity index (χ2n) is 6.30. The van der Waals surface area contributed by atoms with Crippen molar-refractivity contribution in [2.45, 2.75) is 19.8 Å². The van der Waals surface area contributed by atoms with Crippen molar-refractivity contribution < 1.29 is 23.9 Å². The average Bonchev–Trinajstić information content (AvgIpc) is 2.86. The van der Waals surface area contributed by atoms with Crippen molar-refractivity contribution in [1.82, 2.24) is 4.90 Å². The molecule has 0 aromatic heterocycles. The largest absolute Gasteiger partial charge is 0.490 e. The molecule has 1 aromatic rings. The second-order valence-corrected chi connectivity index (χ2v) is 6.30. The summed E-state index contributed by atoms with van der Waals surface area (Å²) in [5.74, 6) is -1.09. The molecule has 1 heterocycles. The Morgan fingerprint density at radius 1 is 1.04 bits per heavy atom. The van der Waals surface area contributed by atoms with Crippen LogP contribution in [0.1, 0.15) is 18.4 Å². The van der Waals surface area contributed by atoms with Crippen LogP contribution in [-0.2, 0) is 19.1 Å². The number of rotatable bonds is 6. The molecule has 0 unspecified atom stereocenters. The fraction of sp³-hybridized carbons (Fsp3) is 0.421. The van der Waals surface area contributed by atoms with Crippen LogP contribution < -0.4 is 4.74 Å². The van der Waals surface area contributed by atoms with Gasteiger partial charge in [0.25, 0.3) is 0 Å². The van der Waals surface area contributed by atoms with Crippen molar-refractivity contribution in [1.29, 1.82) is 0 Å². The fourth-order valence-corrected chi connectivity index (χ4v) is 3.15. The summed E-state index contributed by atoms with van der Waals surface area (Å²) in [4.78, 5) is 37.5. The highest BCUT2D eigenvalue weighted by molar-refractivity contribution is 6.07. The quantitative estimate of drug-likeness (QED) is 0.341. The van der Waals surface area contributed by atoms with Gasteiger partial charge in [0.05, 0.1) is 11.8 Å². The SMILES string of the molecule is Cc1ccc(OCCOC(=O)CN2C(=O)[C@H]3CC=CC[C@H]3C2=O)cc1. The topological polar surface area (TPSA) is 72.9 Å². The number of amides is 2. The van der Waals surface area contributed by atoms with E-state index in [0.717, 1.165) is 10.5 Å². The molecule has 1 aromatic carbocycles. The number of esters is 1. The molecule has 3 rings (SSSR count). The van der Waals surface area contributed by atoms with Gasteiger partial charge in [0.2, 0.25) is 11.8 Å². The number of imide groups is 1. The number of nitrogens with zero attached hydrogens (tertiary/aromatic N) is 1. The first kappa shape index (κ1) is 17.2. The number of likely N-dealkylation sites (tertiary alicyclic amines) is 1. The number of benzene rings is 1. The molecule has 6 heteroatoms. The van der Waals surface area contributed by atoms with Crippen molar-refractivity contribution >= 4 is 17.8 Å². The molecule has 0 N–H and O–H groups in total. The van der Waals surface area contributed by atoms with Gasteiger partial charge in [-0.25, -0.2) is 0 Å². The maximum absolute atomic E-state index is 12.3. The van der Waals surface area contributed by atoms with Gasteiger partial charge in [-0.1, -0.05) is 29.8 Å². The standard InChI is InChI=1S/C19H21NO5/c1-13-6-8-14(9-7-13)24-10-11-25-17(21)12-20-18(22)15-4-2-3-5-16(15)19(20)23/h2-3,6-9,15-16H,4-5,10-12H2,1H3/t15-,16+. The maximum atomic E-state index is 12.3. The normalized spacial score (nSPS) is 22.0. The van der Waals surface area contributed by atoms with Crippen LogP contribution in [-0.4, -0.2) is 42.4 Å². The van der Waals surface area contributed by atoms with Gasteiger partial charge in [0.1, 0.15) is 25.5 Å². The van der Waals surface area contributed by atoms with Crippen LogP contribution in [0.5, 0.6) is 5.75 Å². The summed E-state index contributed by atoms with van der Waals surface area (Å²) in [6.45, 7) is 1.94. The highest BCUT2D eigenvalue weighted by Crippen LogP contribution is 2.34. The zero-order chi connectivity index (χ0) is 17.8. The first-order chi connectivity index (χ1) is 12.1. The molecule has 1 aliphatic heterocycles. The third-order valence-electron chi connectivity index (χ3n) is 4.52. The molecule has 0 bridgehead atoms. The van der Waals surface area contributed by atoms with E-state index in [0.29, 0.717) is 18.6 Å². The zero-order valence-corrected chi connectivity index (χ0v) is 14.1. The van der Waals surface area contributed by atoms with Crippen LogP contribution in [0.2, 0.25) is 0 Å². The molecule has 0 radical (unpaired) electrons. The van der Waals surface area contributed by atoms with Gasteiger partial charge in [-0.05, 0) is 31.9 Å². The maximum Gasteiger partial charge on any atom is 0.326 e. The lowest BCUT2D eigenvalue weighted by atomic mass is 9.85. The number of ether oxygens (including phenoxy) is 2. The Morgan fingerprint density at radius 3 is 2.24 bits per heavy atom. The van der Waals surface area contributed by atoms with Crippen LogP contribution in [0.25, 0.3) is 0 Å². The van der Waals surface area contributed by atoms with Gasteiger partial charge in [-0.2, -0.15) is 0 Å². The van der Waals surface area contributed by atoms with Crippen LogP contribution in [0.4, 0.5) is 0 Å². The van der Waals surface area contributed by atoms with Crippen LogP contribution in [0.15, 0.2) is 36.4 Å². The average molecular weight is 343 g/mol. The summed E-state index contributed by atoms with van der Waals surface area (Å²) in [6.07, 6.45) is 4.95. The number of hydrogen-bond acceptors (Lipinski definition) is 5. The third-order valence-corrected chi connectivity index (χ3v) is 4.52. The van der Waals surface area contributed by atoms with E-state index >= 15 is 0 Å². The number of fused-ring (bicyclic) bond motifs is 1. The van der Waals surface area contributed by atoms with Crippen molar-refractivity contribution in [3.63, 3.8) is 0 Å². The first-order valence-corrected chi connectivity index (χ1v) is 8.41. The summed E-state index contributed by atoms with van der Waals surface area (Å²) >= 11 is 0. The summed E-state index contributed by atoms with van der Waals surface area (Å²) < 4.78 is 10.5. The molecule has 1 fully saturated rings. The van der Waals surface area contributed by atoms with Gasteiger partial charge in [-0.15, -0.1) is 0 Å². The highest BCUT2D eigenvalue weighted by atomic mass is 16.6. The minimum absolute atomic E-state index is 0.0668. The lowest BCUT2D eigenvalue weighted by Crippen LogP contribution is -2.37. The Hall–Kier alpha value is -2.63. The van der Waals surface area contributed by atoms with E-state index < -0.39 is 5.97 Å². The molecule has 6 nitrogen and oxygen atoms in total. The Morgan fingerprint density at radius 2 is 1.64 bits per heavy atom.